The molecule has 0 unspecified atom stereocenters. The summed E-state index contributed by atoms with van der Waals surface area (Å²) in [6, 6.07) is 14.8. The minimum absolute atomic E-state index is 0.302. The maximum absolute atomic E-state index is 12.9. The summed E-state index contributed by atoms with van der Waals surface area (Å²) in [5.41, 5.74) is 0.605. The van der Waals surface area contributed by atoms with Crippen LogP contribution in [0, 0.1) is 22.6 Å². The molecular formula is C20H18FN3O2. The van der Waals surface area contributed by atoms with Crippen molar-refractivity contribution in [3.63, 3.8) is 0 Å². The van der Waals surface area contributed by atoms with Crippen molar-refractivity contribution in [1.29, 1.82) is 5.26 Å². The highest BCUT2D eigenvalue weighted by atomic mass is 19.1. The molecule has 0 atom stereocenters. The average molecular weight is 351 g/mol. The molecule has 0 heterocycles. The van der Waals surface area contributed by atoms with Crippen molar-refractivity contribution >= 4 is 17.5 Å². The molecule has 0 bridgehead atoms. The predicted molar refractivity (Wildman–Crippen MR) is 94.6 cm³/mol. The molecule has 2 amide bonds. The van der Waals surface area contributed by atoms with E-state index in [0.29, 0.717) is 37.1 Å². The number of nitriles is 1. The van der Waals surface area contributed by atoms with Crippen molar-refractivity contribution in [2.75, 3.05) is 11.9 Å². The van der Waals surface area contributed by atoms with Gasteiger partial charge in [-0.3, -0.25) is 9.59 Å². The van der Waals surface area contributed by atoms with E-state index in [1.54, 1.807) is 36.4 Å². The summed E-state index contributed by atoms with van der Waals surface area (Å²) in [4.78, 5) is 25.0. The van der Waals surface area contributed by atoms with Crippen LogP contribution in [0.25, 0.3) is 0 Å². The maximum atomic E-state index is 12.9. The zero-order chi connectivity index (χ0) is 18.6. The van der Waals surface area contributed by atoms with Crippen LogP contribution in [-0.2, 0) is 16.0 Å². The molecule has 1 aliphatic rings. The lowest BCUT2D eigenvalue weighted by atomic mass is 10.0. The standard InChI is InChI=1S/C20H18FN3O2/c21-16-7-5-14(6-8-16)9-12-23-18(25)20(10-11-20)19(26)24-17-4-2-1-3-15(17)13-22/h1-8H,9-12H2,(H,23,25)(H,24,26). The summed E-state index contributed by atoms with van der Waals surface area (Å²) in [7, 11) is 0. The van der Waals surface area contributed by atoms with Crippen LogP contribution in [-0.4, -0.2) is 18.4 Å². The lowest BCUT2D eigenvalue weighted by Gasteiger charge is -2.16. The normalized spacial score (nSPS) is 14.2. The Labute approximate surface area is 150 Å². The van der Waals surface area contributed by atoms with Crippen LogP contribution >= 0.6 is 0 Å². The van der Waals surface area contributed by atoms with E-state index in [9.17, 15) is 14.0 Å². The first-order valence-corrected chi connectivity index (χ1v) is 8.38. The lowest BCUT2D eigenvalue weighted by Crippen LogP contribution is -2.40. The molecule has 0 saturated heterocycles. The number of nitrogens with zero attached hydrogens (tertiary/aromatic N) is 1. The number of hydrogen-bond donors (Lipinski definition) is 2. The van der Waals surface area contributed by atoms with Crippen LogP contribution in [0.2, 0.25) is 0 Å². The van der Waals surface area contributed by atoms with Crippen LogP contribution in [0.15, 0.2) is 48.5 Å². The minimum Gasteiger partial charge on any atom is -0.355 e. The Morgan fingerprint density at radius 1 is 1.08 bits per heavy atom. The summed E-state index contributed by atoms with van der Waals surface area (Å²) in [6.45, 7) is 0.369. The van der Waals surface area contributed by atoms with Crippen LogP contribution in [0.4, 0.5) is 10.1 Å². The van der Waals surface area contributed by atoms with E-state index in [4.69, 9.17) is 5.26 Å². The van der Waals surface area contributed by atoms with E-state index >= 15 is 0 Å². The molecule has 132 valence electrons. The third kappa shape index (κ3) is 3.72. The fourth-order valence-electron chi connectivity index (χ4n) is 2.75. The SMILES string of the molecule is N#Cc1ccccc1NC(=O)C1(C(=O)NCCc2ccc(F)cc2)CC1. The Morgan fingerprint density at radius 3 is 2.42 bits per heavy atom. The quantitative estimate of drug-likeness (QED) is 0.785. The van der Waals surface area contributed by atoms with Crippen LogP contribution in [0.1, 0.15) is 24.0 Å². The Balaban J connectivity index is 1.57. The van der Waals surface area contributed by atoms with Gasteiger partial charge in [-0.1, -0.05) is 24.3 Å². The highest BCUT2D eigenvalue weighted by molar-refractivity contribution is 6.13. The molecular weight excluding hydrogens is 333 g/mol. The number of hydrogen-bond acceptors (Lipinski definition) is 3. The van der Waals surface area contributed by atoms with Gasteiger partial charge in [0.25, 0.3) is 0 Å². The zero-order valence-corrected chi connectivity index (χ0v) is 14.1. The van der Waals surface area contributed by atoms with Gasteiger partial charge in [-0.25, -0.2) is 4.39 Å². The molecule has 26 heavy (non-hydrogen) atoms. The van der Waals surface area contributed by atoms with E-state index in [1.807, 2.05) is 6.07 Å². The summed E-state index contributed by atoms with van der Waals surface area (Å²) < 4.78 is 12.9. The molecule has 1 saturated carbocycles. The number of benzene rings is 2. The number of carbonyl (C=O) groups is 2. The number of amides is 2. The lowest BCUT2D eigenvalue weighted by molar-refractivity contribution is -0.134. The Kier molecular flexibility index (Phi) is 4.99. The summed E-state index contributed by atoms with van der Waals surface area (Å²) in [6.07, 6.45) is 1.52. The molecule has 2 N–H and O–H groups in total. The van der Waals surface area contributed by atoms with Crippen LogP contribution < -0.4 is 10.6 Å². The largest absolute Gasteiger partial charge is 0.355 e. The highest BCUT2D eigenvalue weighted by Crippen LogP contribution is 2.47. The van der Waals surface area contributed by atoms with E-state index in [2.05, 4.69) is 10.6 Å². The molecule has 5 nitrogen and oxygen atoms in total. The third-order valence-corrected chi connectivity index (χ3v) is 4.53. The first-order valence-electron chi connectivity index (χ1n) is 8.38. The topological polar surface area (TPSA) is 82.0 Å². The van der Waals surface area contributed by atoms with Gasteiger partial charge in [-0.05, 0) is 49.1 Å². The summed E-state index contributed by atoms with van der Waals surface area (Å²) in [5, 5.41) is 14.6. The van der Waals surface area contributed by atoms with Gasteiger partial charge in [0.05, 0.1) is 11.3 Å². The van der Waals surface area contributed by atoms with Gasteiger partial charge in [-0.15, -0.1) is 0 Å². The van der Waals surface area contributed by atoms with Crippen LogP contribution in [0.5, 0.6) is 0 Å². The molecule has 2 aromatic rings. The number of halogens is 1. The second-order valence-electron chi connectivity index (χ2n) is 6.33. The van der Waals surface area contributed by atoms with Crippen molar-refractivity contribution in [1.82, 2.24) is 5.32 Å². The Hall–Kier alpha value is -3.20. The smallest absolute Gasteiger partial charge is 0.240 e. The fourth-order valence-corrected chi connectivity index (χ4v) is 2.75. The molecule has 0 radical (unpaired) electrons. The Morgan fingerprint density at radius 2 is 1.77 bits per heavy atom. The summed E-state index contributed by atoms with van der Waals surface area (Å²) in [5.74, 6) is -1.00. The molecule has 1 aliphatic carbocycles. The van der Waals surface area contributed by atoms with Crippen molar-refractivity contribution in [3.8, 4) is 6.07 Å². The van der Waals surface area contributed by atoms with Gasteiger partial charge >= 0.3 is 0 Å². The number of nitrogens with one attached hydrogen (secondary N) is 2. The molecule has 3 rings (SSSR count). The van der Waals surface area contributed by atoms with E-state index in [1.165, 1.54) is 12.1 Å². The second-order valence-corrected chi connectivity index (χ2v) is 6.33. The number of para-hydroxylation sites is 1. The molecule has 6 heteroatoms. The first-order chi connectivity index (χ1) is 12.5. The van der Waals surface area contributed by atoms with Gasteiger partial charge < -0.3 is 10.6 Å². The maximum Gasteiger partial charge on any atom is 0.240 e. The third-order valence-electron chi connectivity index (χ3n) is 4.53. The van der Waals surface area contributed by atoms with Gasteiger partial charge in [0.2, 0.25) is 11.8 Å². The van der Waals surface area contributed by atoms with Crippen molar-refractivity contribution in [3.05, 3.63) is 65.5 Å². The fraction of sp³-hybridized carbons (Fsp3) is 0.250. The predicted octanol–water partition coefficient (Wildman–Crippen LogP) is 2.77. The van der Waals surface area contributed by atoms with Crippen molar-refractivity contribution in [2.45, 2.75) is 19.3 Å². The summed E-state index contributed by atoms with van der Waals surface area (Å²) >= 11 is 0. The van der Waals surface area contributed by atoms with E-state index in [-0.39, 0.29) is 17.6 Å². The van der Waals surface area contributed by atoms with E-state index in [0.717, 1.165) is 5.56 Å². The molecule has 0 spiro atoms. The molecule has 0 aliphatic heterocycles. The molecule has 1 fully saturated rings. The first kappa shape index (κ1) is 17.6. The minimum atomic E-state index is -1.06. The van der Waals surface area contributed by atoms with Gasteiger partial charge in [-0.2, -0.15) is 5.26 Å². The molecule has 0 aromatic heterocycles. The zero-order valence-electron chi connectivity index (χ0n) is 14.1. The van der Waals surface area contributed by atoms with Gasteiger partial charge in [0.15, 0.2) is 0 Å². The van der Waals surface area contributed by atoms with Gasteiger partial charge in [0.1, 0.15) is 17.3 Å². The number of anilines is 1. The van der Waals surface area contributed by atoms with Gasteiger partial charge in [0, 0.05) is 6.54 Å². The van der Waals surface area contributed by atoms with Crippen molar-refractivity contribution in [2.24, 2.45) is 5.41 Å². The van der Waals surface area contributed by atoms with Crippen LogP contribution in [0.3, 0.4) is 0 Å². The molecule has 2 aromatic carbocycles. The Bertz CT molecular complexity index is 867. The highest BCUT2D eigenvalue weighted by Gasteiger charge is 2.56. The average Bonchev–Trinajstić information content (AvgIpc) is 3.46. The van der Waals surface area contributed by atoms with E-state index < -0.39 is 5.41 Å². The number of rotatable bonds is 6. The number of carbonyl (C=O) groups excluding carboxylic acids is 2. The second kappa shape index (κ2) is 7.36. The monoisotopic (exact) mass is 351 g/mol. The van der Waals surface area contributed by atoms with Crippen molar-refractivity contribution < 1.29 is 14.0 Å².